The van der Waals surface area contributed by atoms with Crippen molar-refractivity contribution in [1.82, 2.24) is 9.80 Å². The van der Waals surface area contributed by atoms with Crippen LogP contribution in [0.25, 0.3) is 0 Å². The van der Waals surface area contributed by atoms with Crippen LogP contribution in [-0.4, -0.2) is 66.3 Å². The van der Waals surface area contributed by atoms with Gasteiger partial charge in [-0.05, 0) is 33.6 Å². The molecular formula is C14H24N2O4. The van der Waals surface area contributed by atoms with E-state index in [0.29, 0.717) is 19.1 Å². The van der Waals surface area contributed by atoms with E-state index < -0.39 is 17.7 Å². The second-order valence-electron chi connectivity index (χ2n) is 6.44. The first kappa shape index (κ1) is 15.1. The maximum atomic E-state index is 12.2. The van der Waals surface area contributed by atoms with E-state index in [1.165, 1.54) is 24.9 Å². The van der Waals surface area contributed by atoms with Crippen molar-refractivity contribution in [3.05, 3.63) is 0 Å². The van der Waals surface area contributed by atoms with Crippen molar-refractivity contribution in [3.8, 4) is 0 Å². The number of ether oxygens (including phenoxy) is 2. The number of amides is 1. The molecule has 0 aromatic heterocycles. The Morgan fingerprint density at radius 3 is 2.30 bits per heavy atom. The predicted molar refractivity (Wildman–Crippen MR) is 73.3 cm³/mol. The maximum absolute atomic E-state index is 12.2. The third-order valence-corrected chi connectivity index (χ3v) is 3.58. The molecule has 0 radical (unpaired) electrons. The van der Waals surface area contributed by atoms with Gasteiger partial charge in [-0.15, -0.1) is 0 Å². The van der Waals surface area contributed by atoms with Gasteiger partial charge in [-0.1, -0.05) is 0 Å². The molecule has 1 atom stereocenters. The summed E-state index contributed by atoms with van der Waals surface area (Å²) in [4.78, 5) is 27.9. The third-order valence-electron chi connectivity index (χ3n) is 3.58. The van der Waals surface area contributed by atoms with E-state index in [4.69, 9.17) is 9.47 Å². The topological polar surface area (TPSA) is 59.1 Å². The molecule has 0 N–H and O–H groups in total. The molecular weight excluding hydrogens is 260 g/mol. The Hall–Kier alpha value is -1.30. The minimum atomic E-state index is -0.566. The molecule has 1 heterocycles. The summed E-state index contributed by atoms with van der Waals surface area (Å²) in [6, 6.07) is 0.00661. The molecule has 1 aliphatic carbocycles. The van der Waals surface area contributed by atoms with E-state index in [2.05, 4.69) is 4.90 Å². The van der Waals surface area contributed by atoms with Crippen LogP contribution < -0.4 is 0 Å². The van der Waals surface area contributed by atoms with Crippen molar-refractivity contribution < 1.29 is 19.1 Å². The van der Waals surface area contributed by atoms with Crippen LogP contribution in [0.4, 0.5) is 4.79 Å². The van der Waals surface area contributed by atoms with Gasteiger partial charge >= 0.3 is 12.1 Å². The maximum Gasteiger partial charge on any atom is 0.411 e. The summed E-state index contributed by atoms with van der Waals surface area (Å²) in [5.74, 6) is -0.374. The fourth-order valence-corrected chi connectivity index (χ4v) is 2.45. The van der Waals surface area contributed by atoms with Gasteiger partial charge < -0.3 is 9.47 Å². The number of carbonyl (C=O) groups is 2. The number of esters is 1. The first-order chi connectivity index (χ1) is 9.31. The summed E-state index contributed by atoms with van der Waals surface area (Å²) in [5, 5.41) is 0. The summed E-state index contributed by atoms with van der Waals surface area (Å²) in [7, 11) is 1.35. The summed E-state index contributed by atoms with van der Waals surface area (Å²) in [5.41, 5.74) is -0.564. The number of nitrogens with zero attached hydrogens (tertiary/aromatic N) is 2. The van der Waals surface area contributed by atoms with Gasteiger partial charge in [0, 0.05) is 25.7 Å². The molecule has 1 unspecified atom stereocenters. The van der Waals surface area contributed by atoms with Crippen molar-refractivity contribution in [3.63, 3.8) is 0 Å². The van der Waals surface area contributed by atoms with Gasteiger partial charge in [0.15, 0.2) is 0 Å². The van der Waals surface area contributed by atoms with E-state index in [1.807, 2.05) is 20.8 Å². The molecule has 2 fully saturated rings. The van der Waals surface area contributed by atoms with Crippen LogP contribution in [0, 0.1) is 0 Å². The Morgan fingerprint density at radius 1 is 1.15 bits per heavy atom. The minimum Gasteiger partial charge on any atom is -0.467 e. The Balaban J connectivity index is 2.05. The monoisotopic (exact) mass is 284 g/mol. The summed E-state index contributed by atoms with van der Waals surface area (Å²) < 4.78 is 10.2. The quantitative estimate of drug-likeness (QED) is 0.714. The van der Waals surface area contributed by atoms with Crippen molar-refractivity contribution >= 4 is 12.1 Å². The first-order valence-electron chi connectivity index (χ1n) is 7.13. The van der Waals surface area contributed by atoms with Gasteiger partial charge in [-0.25, -0.2) is 9.59 Å². The molecule has 6 heteroatoms. The third kappa shape index (κ3) is 3.62. The molecule has 0 aromatic carbocycles. The van der Waals surface area contributed by atoms with Crippen molar-refractivity contribution in [2.24, 2.45) is 0 Å². The van der Waals surface area contributed by atoms with Gasteiger partial charge in [0.2, 0.25) is 0 Å². The fraction of sp³-hybridized carbons (Fsp3) is 0.857. The smallest absolute Gasteiger partial charge is 0.411 e. The second kappa shape index (κ2) is 5.60. The molecule has 2 aliphatic rings. The summed E-state index contributed by atoms with van der Waals surface area (Å²) in [6.45, 7) is 7.29. The van der Waals surface area contributed by atoms with Crippen molar-refractivity contribution in [2.45, 2.75) is 51.3 Å². The summed E-state index contributed by atoms with van der Waals surface area (Å²) >= 11 is 0. The highest BCUT2D eigenvalue weighted by Gasteiger charge is 2.42. The zero-order valence-electron chi connectivity index (χ0n) is 12.7. The van der Waals surface area contributed by atoms with Gasteiger partial charge in [0.1, 0.15) is 11.6 Å². The highest BCUT2D eigenvalue weighted by Crippen LogP contribution is 2.29. The first-order valence-corrected chi connectivity index (χ1v) is 7.13. The average Bonchev–Trinajstić information content (AvgIpc) is 3.19. The van der Waals surface area contributed by atoms with E-state index in [1.54, 1.807) is 0 Å². The SMILES string of the molecule is COC(=O)C1CN(C2CC2)CCN1C(=O)OC(C)(C)C. The number of piperazine rings is 1. The highest BCUT2D eigenvalue weighted by molar-refractivity contribution is 5.82. The van der Waals surface area contributed by atoms with Crippen LogP contribution in [-0.2, 0) is 14.3 Å². The van der Waals surface area contributed by atoms with Crippen LogP contribution in [0.3, 0.4) is 0 Å². The zero-order valence-corrected chi connectivity index (χ0v) is 12.7. The van der Waals surface area contributed by atoms with Crippen LogP contribution in [0.2, 0.25) is 0 Å². The van der Waals surface area contributed by atoms with Crippen LogP contribution >= 0.6 is 0 Å². The Bertz CT molecular complexity index is 387. The molecule has 1 amide bonds. The Morgan fingerprint density at radius 2 is 1.80 bits per heavy atom. The Kier molecular flexibility index (Phi) is 4.22. The molecule has 20 heavy (non-hydrogen) atoms. The normalized spacial score (nSPS) is 24.4. The zero-order chi connectivity index (χ0) is 14.9. The van der Waals surface area contributed by atoms with Crippen molar-refractivity contribution in [2.75, 3.05) is 26.7 Å². The second-order valence-corrected chi connectivity index (χ2v) is 6.44. The highest BCUT2D eigenvalue weighted by atomic mass is 16.6. The van der Waals surface area contributed by atoms with Crippen molar-refractivity contribution in [1.29, 1.82) is 0 Å². The van der Waals surface area contributed by atoms with Gasteiger partial charge in [-0.3, -0.25) is 9.80 Å². The van der Waals surface area contributed by atoms with E-state index in [-0.39, 0.29) is 5.97 Å². The Labute approximate surface area is 120 Å². The number of carbonyl (C=O) groups excluding carboxylic acids is 2. The molecule has 114 valence electrons. The lowest BCUT2D eigenvalue weighted by atomic mass is 10.1. The van der Waals surface area contributed by atoms with Gasteiger partial charge in [-0.2, -0.15) is 0 Å². The molecule has 1 aliphatic heterocycles. The lowest BCUT2D eigenvalue weighted by molar-refractivity contribution is -0.149. The molecule has 0 bridgehead atoms. The summed E-state index contributed by atoms with van der Waals surface area (Å²) in [6.07, 6.45) is 1.92. The lowest BCUT2D eigenvalue weighted by Gasteiger charge is -2.40. The molecule has 6 nitrogen and oxygen atoms in total. The molecule has 1 saturated heterocycles. The van der Waals surface area contributed by atoms with Crippen LogP contribution in [0.1, 0.15) is 33.6 Å². The average molecular weight is 284 g/mol. The largest absolute Gasteiger partial charge is 0.467 e. The van der Waals surface area contributed by atoms with E-state index in [0.717, 1.165) is 6.54 Å². The van der Waals surface area contributed by atoms with E-state index >= 15 is 0 Å². The number of rotatable bonds is 2. The number of hydrogen-bond donors (Lipinski definition) is 0. The van der Waals surface area contributed by atoms with Crippen LogP contribution in [0.5, 0.6) is 0 Å². The number of methoxy groups -OCH3 is 1. The predicted octanol–water partition coefficient (Wildman–Crippen LogP) is 1.24. The van der Waals surface area contributed by atoms with Gasteiger partial charge in [0.05, 0.1) is 7.11 Å². The van der Waals surface area contributed by atoms with Gasteiger partial charge in [0.25, 0.3) is 0 Å². The molecule has 0 spiro atoms. The molecule has 2 rings (SSSR count). The standard InChI is InChI=1S/C14H24N2O4/c1-14(2,3)20-13(18)16-8-7-15(10-5-6-10)9-11(16)12(17)19-4/h10-11H,5-9H2,1-4H3. The number of hydrogen-bond acceptors (Lipinski definition) is 5. The van der Waals surface area contributed by atoms with Crippen LogP contribution in [0.15, 0.2) is 0 Å². The lowest BCUT2D eigenvalue weighted by Crippen LogP contribution is -2.59. The molecule has 1 saturated carbocycles. The fourth-order valence-electron chi connectivity index (χ4n) is 2.45. The molecule has 0 aromatic rings. The minimum absolute atomic E-state index is 0.374. The van der Waals surface area contributed by atoms with E-state index in [9.17, 15) is 9.59 Å².